The number of halogens is 3. The lowest BCUT2D eigenvalue weighted by molar-refractivity contribution is 0.493. The maximum atomic E-state index is 12.9. The Morgan fingerprint density at radius 2 is 1.69 bits per heavy atom. The van der Waals surface area contributed by atoms with E-state index in [0.29, 0.717) is 6.07 Å². The van der Waals surface area contributed by atoms with Crippen LogP contribution >= 0.6 is 0 Å². The van der Waals surface area contributed by atoms with Gasteiger partial charge in [-0.2, -0.15) is 0 Å². The third kappa shape index (κ3) is 1.89. The molecule has 0 saturated heterocycles. The lowest BCUT2D eigenvalue weighted by atomic mass is 10.1. The molecule has 0 radical (unpaired) electrons. The maximum absolute atomic E-state index is 12.9. The SMILES string of the molecule is C=C(CN)c1cc(F)c(F)cc1F. The van der Waals surface area contributed by atoms with Gasteiger partial charge in [0, 0.05) is 18.2 Å². The number of benzene rings is 1. The van der Waals surface area contributed by atoms with Gasteiger partial charge in [0.25, 0.3) is 0 Å². The highest BCUT2D eigenvalue weighted by molar-refractivity contribution is 5.65. The summed E-state index contributed by atoms with van der Waals surface area (Å²) >= 11 is 0. The topological polar surface area (TPSA) is 26.0 Å². The smallest absolute Gasteiger partial charge is 0.161 e. The molecule has 0 unspecified atom stereocenters. The minimum absolute atomic E-state index is 0.00198. The van der Waals surface area contributed by atoms with Crippen molar-refractivity contribution in [2.45, 2.75) is 0 Å². The Labute approximate surface area is 73.7 Å². The normalized spacial score (nSPS) is 10.2. The van der Waals surface area contributed by atoms with Crippen molar-refractivity contribution in [1.82, 2.24) is 0 Å². The van der Waals surface area contributed by atoms with Crippen LogP contribution in [0.15, 0.2) is 18.7 Å². The van der Waals surface area contributed by atoms with Gasteiger partial charge in [0.15, 0.2) is 11.6 Å². The summed E-state index contributed by atoms with van der Waals surface area (Å²) in [4.78, 5) is 0. The summed E-state index contributed by atoms with van der Waals surface area (Å²) in [6.07, 6.45) is 0. The van der Waals surface area contributed by atoms with Gasteiger partial charge in [-0.05, 0) is 11.6 Å². The van der Waals surface area contributed by atoms with E-state index in [9.17, 15) is 13.2 Å². The molecular formula is C9H8F3N. The zero-order valence-electron chi connectivity index (χ0n) is 6.78. The summed E-state index contributed by atoms with van der Waals surface area (Å²) in [6.45, 7) is 3.42. The lowest BCUT2D eigenvalue weighted by Gasteiger charge is -2.04. The van der Waals surface area contributed by atoms with Gasteiger partial charge < -0.3 is 5.73 Å². The lowest BCUT2D eigenvalue weighted by Crippen LogP contribution is -2.04. The highest BCUT2D eigenvalue weighted by Gasteiger charge is 2.10. The van der Waals surface area contributed by atoms with E-state index in [2.05, 4.69) is 6.58 Å². The fourth-order valence-electron chi connectivity index (χ4n) is 0.903. The van der Waals surface area contributed by atoms with E-state index in [1.54, 1.807) is 0 Å². The van der Waals surface area contributed by atoms with Gasteiger partial charge in [-0.15, -0.1) is 0 Å². The third-order valence-corrected chi connectivity index (χ3v) is 1.64. The van der Waals surface area contributed by atoms with Crippen LogP contribution in [0.5, 0.6) is 0 Å². The molecule has 2 N–H and O–H groups in total. The summed E-state index contributed by atoms with van der Waals surface area (Å²) in [7, 11) is 0. The monoisotopic (exact) mass is 187 g/mol. The summed E-state index contributed by atoms with van der Waals surface area (Å²) in [5.41, 5.74) is 5.33. The van der Waals surface area contributed by atoms with Crippen molar-refractivity contribution in [3.05, 3.63) is 41.7 Å². The Morgan fingerprint density at radius 1 is 1.15 bits per heavy atom. The van der Waals surface area contributed by atoms with Crippen molar-refractivity contribution in [3.8, 4) is 0 Å². The van der Waals surface area contributed by atoms with Crippen molar-refractivity contribution in [1.29, 1.82) is 0 Å². The van der Waals surface area contributed by atoms with Crippen molar-refractivity contribution < 1.29 is 13.2 Å². The number of hydrogen-bond donors (Lipinski definition) is 1. The first-order valence-corrected chi connectivity index (χ1v) is 3.59. The Balaban J connectivity index is 3.23. The van der Waals surface area contributed by atoms with E-state index < -0.39 is 17.5 Å². The molecule has 0 bridgehead atoms. The second-order valence-corrected chi connectivity index (χ2v) is 2.55. The second kappa shape index (κ2) is 3.62. The van der Waals surface area contributed by atoms with Gasteiger partial charge in [0.05, 0.1) is 0 Å². The maximum Gasteiger partial charge on any atom is 0.161 e. The van der Waals surface area contributed by atoms with Crippen molar-refractivity contribution in [2.24, 2.45) is 5.73 Å². The molecule has 0 aliphatic carbocycles. The first-order chi connectivity index (χ1) is 6.06. The van der Waals surface area contributed by atoms with Crippen LogP contribution in [0, 0.1) is 17.5 Å². The fraction of sp³-hybridized carbons (Fsp3) is 0.111. The number of rotatable bonds is 2. The minimum Gasteiger partial charge on any atom is -0.326 e. The molecule has 0 aliphatic heterocycles. The van der Waals surface area contributed by atoms with Crippen LogP contribution in [0.4, 0.5) is 13.2 Å². The molecule has 0 heterocycles. The Hall–Kier alpha value is -1.29. The molecule has 0 spiro atoms. The first-order valence-electron chi connectivity index (χ1n) is 3.59. The summed E-state index contributed by atoms with van der Waals surface area (Å²) in [5, 5.41) is 0. The van der Waals surface area contributed by atoms with E-state index in [1.807, 2.05) is 0 Å². The molecule has 70 valence electrons. The van der Waals surface area contributed by atoms with Gasteiger partial charge in [0.2, 0.25) is 0 Å². The van der Waals surface area contributed by atoms with Gasteiger partial charge in [-0.1, -0.05) is 6.58 Å². The largest absolute Gasteiger partial charge is 0.326 e. The van der Waals surface area contributed by atoms with Gasteiger partial charge >= 0.3 is 0 Å². The van der Waals surface area contributed by atoms with Crippen molar-refractivity contribution in [2.75, 3.05) is 6.54 Å². The minimum atomic E-state index is -1.22. The Bertz CT molecular complexity index is 347. The zero-order chi connectivity index (χ0) is 10.0. The molecule has 4 heteroatoms. The molecule has 0 aromatic heterocycles. The molecule has 0 atom stereocenters. The average Bonchev–Trinajstić information content (AvgIpc) is 2.10. The van der Waals surface area contributed by atoms with E-state index in [0.717, 1.165) is 6.07 Å². The molecule has 1 nitrogen and oxygen atoms in total. The van der Waals surface area contributed by atoms with Crippen LogP contribution in [0.3, 0.4) is 0 Å². The molecule has 0 amide bonds. The molecule has 0 fully saturated rings. The molecule has 1 rings (SSSR count). The third-order valence-electron chi connectivity index (χ3n) is 1.64. The predicted octanol–water partition coefficient (Wildman–Crippen LogP) is 2.08. The Morgan fingerprint density at radius 3 is 2.23 bits per heavy atom. The van der Waals surface area contributed by atoms with Crippen LogP contribution in [0.25, 0.3) is 5.57 Å². The van der Waals surface area contributed by atoms with Crippen molar-refractivity contribution >= 4 is 5.57 Å². The predicted molar refractivity (Wildman–Crippen MR) is 44.4 cm³/mol. The number of nitrogens with two attached hydrogens (primary N) is 1. The van der Waals surface area contributed by atoms with Crippen LogP contribution in [-0.2, 0) is 0 Å². The first kappa shape index (κ1) is 9.80. The van der Waals surface area contributed by atoms with Gasteiger partial charge in [-0.25, -0.2) is 13.2 Å². The van der Waals surface area contributed by atoms with E-state index in [1.165, 1.54) is 0 Å². The summed E-state index contributed by atoms with van der Waals surface area (Å²) in [5.74, 6) is -3.17. The van der Waals surface area contributed by atoms with Crippen molar-refractivity contribution in [3.63, 3.8) is 0 Å². The average molecular weight is 187 g/mol. The zero-order valence-corrected chi connectivity index (χ0v) is 6.78. The molecule has 0 saturated carbocycles. The fourth-order valence-corrected chi connectivity index (χ4v) is 0.903. The van der Waals surface area contributed by atoms with E-state index >= 15 is 0 Å². The van der Waals surface area contributed by atoms with E-state index in [-0.39, 0.29) is 17.7 Å². The van der Waals surface area contributed by atoms with Crippen LogP contribution in [-0.4, -0.2) is 6.54 Å². The van der Waals surface area contributed by atoms with E-state index in [4.69, 9.17) is 5.73 Å². The molecule has 1 aromatic rings. The van der Waals surface area contributed by atoms with Crippen LogP contribution in [0.2, 0.25) is 0 Å². The van der Waals surface area contributed by atoms with Gasteiger partial charge in [-0.3, -0.25) is 0 Å². The summed E-state index contributed by atoms with van der Waals surface area (Å²) in [6, 6.07) is 1.23. The second-order valence-electron chi connectivity index (χ2n) is 2.55. The highest BCUT2D eigenvalue weighted by Crippen LogP contribution is 2.19. The highest BCUT2D eigenvalue weighted by atomic mass is 19.2. The molecular weight excluding hydrogens is 179 g/mol. The molecule has 13 heavy (non-hydrogen) atoms. The summed E-state index contributed by atoms with van der Waals surface area (Å²) < 4.78 is 38.0. The number of hydrogen-bond acceptors (Lipinski definition) is 1. The quantitative estimate of drug-likeness (QED) is 0.705. The van der Waals surface area contributed by atoms with Crippen LogP contribution < -0.4 is 5.73 Å². The van der Waals surface area contributed by atoms with Crippen LogP contribution in [0.1, 0.15) is 5.56 Å². The molecule has 1 aromatic carbocycles. The van der Waals surface area contributed by atoms with Gasteiger partial charge in [0.1, 0.15) is 5.82 Å². The molecule has 0 aliphatic rings. The standard InChI is InChI=1S/C9H8F3N/c1-5(4-13)6-2-8(11)9(12)3-7(6)10/h2-3H,1,4,13H2. The Kier molecular flexibility index (Phi) is 2.72.